The molecule has 5 aliphatic rings. The summed E-state index contributed by atoms with van der Waals surface area (Å²) >= 11 is 0. The minimum absolute atomic E-state index is 0.147. The number of nitrogens with zero attached hydrogens (tertiary/aromatic N) is 1. The van der Waals surface area contributed by atoms with Crippen molar-refractivity contribution in [1.82, 2.24) is 5.32 Å². The van der Waals surface area contributed by atoms with Crippen LogP contribution in [0.15, 0.2) is 24.3 Å². The summed E-state index contributed by atoms with van der Waals surface area (Å²) in [5.74, 6) is 2.42. The summed E-state index contributed by atoms with van der Waals surface area (Å²) in [6.45, 7) is -0.147. The van der Waals surface area contributed by atoms with Gasteiger partial charge < -0.3 is 5.32 Å². The van der Waals surface area contributed by atoms with E-state index in [-0.39, 0.29) is 18.5 Å². The molecule has 0 radical (unpaired) electrons. The van der Waals surface area contributed by atoms with Crippen molar-refractivity contribution in [2.75, 3.05) is 17.1 Å². The van der Waals surface area contributed by atoms with E-state index in [0.29, 0.717) is 11.1 Å². The van der Waals surface area contributed by atoms with E-state index < -0.39 is 10.0 Å². The third-order valence-electron chi connectivity index (χ3n) is 8.46. The SMILES string of the molecule is CS(=O)(=O)N(CC(=O)NC1CCCCC1)c1ccc(C23CC4CC(CC(C4)C2)C3)cc1. The Bertz CT molecular complexity index is 883. The second kappa shape index (κ2) is 8.09. The Morgan fingerprint density at radius 3 is 2.03 bits per heavy atom. The molecule has 0 unspecified atom stereocenters. The molecule has 170 valence electrons. The first kappa shape index (κ1) is 21.3. The number of carbonyl (C=O) groups excluding carboxylic acids is 1. The van der Waals surface area contributed by atoms with Gasteiger partial charge in [0.2, 0.25) is 15.9 Å². The maximum atomic E-state index is 12.6. The highest BCUT2D eigenvalue weighted by Gasteiger charge is 2.51. The van der Waals surface area contributed by atoms with Gasteiger partial charge in [-0.3, -0.25) is 9.10 Å². The Hall–Kier alpha value is -1.56. The molecule has 5 nitrogen and oxygen atoms in total. The predicted molar refractivity (Wildman–Crippen MR) is 123 cm³/mol. The van der Waals surface area contributed by atoms with E-state index in [1.54, 1.807) is 0 Å². The van der Waals surface area contributed by atoms with Crippen molar-refractivity contribution in [2.45, 2.75) is 82.1 Å². The van der Waals surface area contributed by atoms with Crippen molar-refractivity contribution in [1.29, 1.82) is 0 Å². The van der Waals surface area contributed by atoms with Crippen LogP contribution in [-0.2, 0) is 20.2 Å². The van der Waals surface area contributed by atoms with E-state index in [9.17, 15) is 13.2 Å². The molecule has 1 N–H and O–H groups in total. The van der Waals surface area contributed by atoms with Gasteiger partial charge in [-0.2, -0.15) is 0 Å². The van der Waals surface area contributed by atoms with Crippen molar-refractivity contribution >= 4 is 21.6 Å². The van der Waals surface area contributed by atoms with Gasteiger partial charge in [0, 0.05) is 6.04 Å². The maximum Gasteiger partial charge on any atom is 0.240 e. The number of rotatable bonds is 6. The molecule has 0 heterocycles. The Morgan fingerprint density at radius 1 is 0.968 bits per heavy atom. The second-order valence-electron chi connectivity index (χ2n) is 10.9. The minimum Gasteiger partial charge on any atom is -0.352 e. The highest BCUT2D eigenvalue weighted by molar-refractivity contribution is 7.92. The number of hydrogen-bond acceptors (Lipinski definition) is 3. The molecule has 4 bridgehead atoms. The first-order chi connectivity index (χ1) is 14.8. The number of anilines is 1. The molecular formula is C25H36N2O3S. The zero-order valence-corrected chi connectivity index (χ0v) is 19.5. The lowest BCUT2D eigenvalue weighted by Crippen LogP contribution is -2.48. The van der Waals surface area contributed by atoms with Crippen LogP contribution in [0.4, 0.5) is 5.69 Å². The van der Waals surface area contributed by atoms with Crippen molar-refractivity contribution in [3.05, 3.63) is 29.8 Å². The minimum atomic E-state index is -3.54. The third-order valence-corrected chi connectivity index (χ3v) is 9.60. The smallest absolute Gasteiger partial charge is 0.240 e. The first-order valence-corrected chi connectivity index (χ1v) is 14.0. The van der Waals surface area contributed by atoms with Crippen LogP contribution in [0.3, 0.4) is 0 Å². The number of carbonyl (C=O) groups is 1. The fourth-order valence-corrected chi connectivity index (χ4v) is 8.35. The molecule has 6 heteroatoms. The van der Waals surface area contributed by atoms with Gasteiger partial charge >= 0.3 is 0 Å². The molecule has 1 aromatic rings. The van der Waals surface area contributed by atoms with Crippen molar-refractivity contribution in [2.24, 2.45) is 17.8 Å². The van der Waals surface area contributed by atoms with Gasteiger partial charge in [0.15, 0.2) is 0 Å². The number of hydrogen-bond donors (Lipinski definition) is 1. The van der Waals surface area contributed by atoms with Gasteiger partial charge in [0.05, 0.1) is 11.9 Å². The Morgan fingerprint density at radius 2 is 1.52 bits per heavy atom. The average molecular weight is 445 g/mol. The fraction of sp³-hybridized carbons (Fsp3) is 0.720. The van der Waals surface area contributed by atoms with Gasteiger partial charge in [0.1, 0.15) is 6.54 Å². The van der Waals surface area contributed by atoms with Crippen LogP contribution in [-0.4, -0.2) is 33.2 Å². The summed E-state index contributed by atoms with van der Waals surface area (Å²) in [6.07, 6.45) is 14.8. The quantitative estimate of drug-likeness (QED) is 0.708. The molecule has 0 aromatic heterocycles. The Kier molecular flexibility index (Phi) is 5.56. The molecule has 0 saturated heterocycles. The second-order valence-corrected chi connectivity index (χ2v) is 12.8. The van der Waals surface area contributed by atoms with Crippen LogP contribution in [0.5, 0.6) is 0 Å². The normalized spacial score (nSPS) is 32.7. The van der Waals surface area contributed by atoms with Crippen LogP contribution < -0.4 is 9.62 Å². The van der Waals surface area contributed by atoms with Crippen LogP contribution in [0.2, 0.25) is 0 Å². The standard InChI is InChI=1S/C25H36N2O3S/c1-31(29,30)27(17-24(28)26-22-5-3-2-4-6-22)23-9-7-21(8-10-23)25-14-18-11-19(15-25)13-20(12-18)16-25/h7-10,18-20,22H,2-6,11-17H2,1H3,(H,26,28). The summed E-state index contributed by atoms with van der Waals surface area (Å²) in [6, 6.07) is 8.30. The average Bonchev–Trinajstić information content (AvgIpc) is 2.71. The molecule has 0 spiro atoms. The lowest BCUT2D eigenvalue weighted by Gasteiger charge is -2.57. The summed E-state index contributed by atoms with van der Waals surface area (Å²) in [4.78, 5) is 12.6. The zero-order valence-electron chi connectivity index (χ0n) is 18.7. The predicted octanol–water partition coefficient (Wildman–Crippen LogP) is 4.37. The molecule has 5 saturated carbocycles. The molecule has 1 aromatic carbocycles. The van der Waals surface area contributed by atoms with E-state index in [0.717, 1.165) is 43.4 Å². The van der Waals surface area contributed by atoms with Gasteiger partial charge in [-0.15, -0.1) is 0 Å². The highest BCUT2D eigenvalue weighted by Crippen LogP contribution is 2.60. The number of nitrogens with one attached hydrogen (secondary N) is 1. The molecule has 0 atom stereocenters. The van der Waals surface area contributed by atoms with E-state index in [2.05, 4.69) is 17.4 Å². The number of benzene rings is 1. The fourth-order valence-electron chi connectivity index (χ4n) is 7.50. The monoisotopic (exact) mass is 444 g/mol. The summed E-state index contributed by atoms with van der Waals surface area (Å²) < 4.78 is 26.3. The number of sulfonamides is 1. The molecule has 5 aliphatic carbocycles. The van der Waals surface area contributed by atoms with Gasteiger partial charge in [-0.05, 0) is 92.2 Å². The Balaban J connectivity index is 1.32. The highest BCUT2D eigenvalue weighted by atomic mass is 32.2. The van der Waals surface area contributed by atoms with Crippen molar-refractivity contribution < 1.29 is 13.2 Å². The van der Waals surface area contributed by atoms with Gasteiger partial charge in [0.25, 0.3) is 0 Å². The van der Waals surface area contributed by atoms with E-state index in [4.69, 9.17) is 0 Å². The summed E-state index contributed by atoms with van der Waals surface area (Å²) in [5, 5.41) is 3.05. The van der Waals surface area contributed by atoms with Gasteiger partial charge in [-0.25, -0.2) is 8.42 Å². The molecular weight excluding hydrogens is 408 g/mol. The maximum absolute atomic E-state index is 12.6. The lowest BCUT2D eigenvalue weighted by molar-refractivity contribution is -0.120. The lowest BCUT2D eigenvalue weighted by atomic mass is 9.48. The van der Waals surface area contributed by atoms with Gasteiger partial charge in [-0.1, -0.05) is 31.4 Å². The van der Waals surface area contributed by atoms with Crippen molar-refractivity contribution in [3.8, 4) is 0 Å². The topological polar surface area (TPSA) is 66.5 Å². The van der Waals surface area contributed by atoms with Crippen LogP contribution in [0.1, 0.15) is 76.2 Å². The molecule has 6 rings (SSSR count). The third kappa shape index (κ3) is 4.37. The molecule has 0 aliphatic heterocycles. The molecule has 1 amide bonds. The molecule has 5 fully saturated rings. The first-order valence-electron chi connectivity index (χ1n) is 12.2. The van der Waals surface area contributed by atoms with E-state index in [1.807, 2.05) is 12.1 Å². The zero-order chi connectivity index (χ0) is 21.6. The van der Waals surface area contributed by atoms with Crippen LogP contribution >= 0.6 is 0 Å². The Labute approximate surface area is 187 Å². The molecule has 31 heavy (non-hydrogen) atoms. The number of amides is 1. The van der Waals surface area contributed by atoms with Crippen LogP contribution in [0, 0.1) is 17.8 Å². The summed E-state index contributed by atoms with van der Waals surface area (Å²) in [7, 11) is -3.54. The van der Waals surface area contributed by atoms with E-state index >= 15 is 0 Å². The summed E-state index contributed by atoms with van der Waals surface area (Å²) in [5.41, 5.74) is 2.26. The van der Waals surface area contributed by atoms with Crippen LogP contribution in [0.25, 0.3) is 0 Å². The largest absolute Gasteiger partial charge is 0.352 e. The van der Waals surface area contributed by atoms with E-state index in [1.165, 1.54) is 61.1 Å². The van der Waals surface area contributed by atoms with Crippen molar-refractivity contribution in [3.63, 3.8) is 0 Å².